The van der Waals surface area contributed by atoms with Crippen LogP contribution in [-0.4, -0.2) is 39.5 Å². The van der Waals surface area contributed by atoms with Gasteiger partial charge < -0.3 is 14.8 Å². The second-order valence-corrected chi connectivity index (χ2v) is 2.83. The summed E-state index contributed by atoms with van der Waals surface area (Å²) < 4.78 is 10.5. The van der Waals surface area contributed by atoms with Crippen LogP contribution in [0, 0.1) is 0 Å². The van der Waals surface area contributed by atoms with E-state index in [9.17, 15) is 0 Å². The van der Waals surface area contributed by atoms with Crippen LogP contribution in [0.15, 0.2) is 0 Å². The maximum Gasteiger partial charge on any atom is 0.0711 e. The van der Waals surface area contributed by atoms with E-state index in [0.717, 1.165) is 39.1 Å². The summed E-state index contributed by atoms with van der Waals surface area (Å²) in [6.45, 7) is 3.77. The molecule has 3 heteroatoms. The molecule has 11 heavy (non-hydrogen) atoms. The fourth-order valence-electron chi connectivity index (χ4n) is 1.22. The lowest BCUT2D eigenvalue weighted by molar-refractivity contribution is 0.0513. The summed E-state index contributed by atoms with van der Waals surface area (Å²) in [4.78, 5) is 0. The van der Waals surface area contributed by atoms with Gasteiger partial charge in [0.1, 0.15) is 0 Å². The Hall–Kier alpha value is -0.120. The van der Waals surface area contributed by atoms with Gasteiger partial charge in [-0.3, -0.25) is 0 Å². The first-order valence-electron chi connectivity index (χ1n) is 4.24. The molecule has 1 saturated heterocycles. The third-order valence-corrected chi connectivity index (χ3v) is 1.86. The minimum absolute atomic E-state index is 0.451. The average molecular weight is 159 g/mol. The van der Waals surface area contributed by atoms with Crippen LogP contribution in [-0.2, 0) is 9.47 Å². The smallest absolute Gasteiger partial charge is 0.0711 e. The highest BCUT2D eigenvalue weighted by molar-refractivity contribution is 4.70. The molecule has 66 valence electrons. The predicted molar refractivity (Wildman–Crippen MR) is 43.7 cm³/mol. The molecule has 3 nitrogen and oxygen atoms in total. The first-order valence-corrected chi connectivity index (χ1v) is 4.24. The van der Waals surface area contributed by atoms with Gasteiger partial charge in [-0.1, -0.05) is 0 Å². The van der Waals surface area contributed by atoms with E-state index in [0.29, 0.717) is 6.10 Å². The van der Waals surface area contributed by atoms with Crippen LogP contribution in [0.2, 0.25) is 0 Å². The lowest BCUT2D eigenvalue weighted by atomic mass is 10.3. The molecule has 0 amide bonds. The van der Waals surface area contributed by atoms with E-state index < -0.39 is 0 Å². The molecule has 1 aliphatic heterocycles. The lowest BCUT2D eigenvalue weighted by Gasteiger charge is -2.09. The molecule has 1 rings (SSSR count). The Labute approximate surface area is 68.1 Å². The molecule has 1 fully saturated rings. The number of hydrogen-bond donors (Lipinski definition) is 1. The molecule has 1 heterocycles. The van der Waals surface area contributed by atoms with Crippen molar-refractivity contribution in [3.05, 3.63) is 0 Å². The SMILES string of the molecule is COCCCO[C@H]1CCNC1. The molecular weight excluding hydrogens is 142 g/mol. The maximum absolute atomic E-state index is 5.56. The number of nitrogens with one attached hydrogen (secondary N) is 1. The molecule has 1 N–H and O–H groups in total. The van der Waals surface area contributed by atoms with Gasteiger partial charge in [0.25, 0.3) is 0 Å². The molecule has 0 aliphatic carbocycles. The van der Waals surface area contributed by atoms with Gasteiger partial charge in [0.05, 0.1) is 6.10 Å². The topological polar surface area (TPSA) is 30.5 Å². The van der Waals surface area contributed by atoms with Crippen LogP contribution in [0.3, 0.4) is 0 Å². The Kier molecular flexibility index (Phi) is 4.50. The van der Waals surface area contributed by atoms with Crippen molar-refractivity contribution in [3.8, 4) is 0 Å². The van der Waals surface area contributed by atoms with Gasteiger partial charge in [-0.25, -0.2) is 0 Å². The van der Waals surface area contributed by atoms with E-state index in [1.165, 1.54) is 0 Å². The maximum atomic E-state index is 5.56. The molecule has 0 aromatic heterocycles. The summed E-state index contributed by atoms with van der Waals surface area (Å²) in [6.07, 6.45) is 2.62. The summed E-state index contributed by atoms with van der Waals surface area (Å²) in [6, 6.07) is 0. The molecule has 0 aromatic carbocycles. The van der Waals surface area contributed by atoms with Crippen molar-refractivity contribution in [2.45, 2.75) is 18.9 Å². The van der Waals surface area contributed by atoms with E-state index in [2.05, 4.69) is 5.32 Å². The molecule has 1 atom stereocenters. The molecule has 1 aliphatic rings. The second kappa shape index (κ2) is 5.52. The third-order valence-electron chi connectivity index (χ3n) is 1.86. The monoisotopic (exact) mass is 159 g/mol. The third kappa shape index (κ3) is 3.70. The zero-order valence-corrected chi connectivity index (χ0v) is 7.14. The van der Waals surface area contributed by atoms with Gasteiger partial charge in [0.2, 0.25) is 0 Å². The van der Waals surface area contributed by atoms with Crippen molar-refractivity contribution in [1.82, 2.24) is 5.32 Å². The van der Waals surface area contributed by atoms with Crippen molar-refractivity contribution in [1.29, 1.82) is 0 Å². The van der Waals surface area contributed by atoms with Crippen molar-refractivity contribution >= 4 is 0 Å². The van der Waals surface area contributed by atoms with Crippen molar-refractivity contribution in [2.24, 2.45) is 0 Å². The highest BCUT2D eigenvalue weighted by atomic mass is 16.5. The number of rotatable bonds is 5. The van der Waals surface area contributed by atoms with Crippen LogP contribution >= 0.6 is 0 Å². The van der Waals surface area contributed by atoms with Gasteiger partial charge in [-0.05, 0) is 19.4 Å². The summed E-state index contributed by atoms with van der Waals surface area (Å²) in [7, 11) is 1.72. The van der Waals surface area contributed by atoms with E-state index in [-0.39, 0.29) is 0 Å². The molecule has 0 bridgehead atoms. The van der Waals surface area contributed by atoms with Crippen molar-refractivity contribution < 1.29 is 9.47 Å². The summed E-state index contributed by atoms with van der Waals surface area (Å²) >= 11 is 0. The molecule has 0 saturated carbocycles. The zero-order valence-electron chi connectivity index (χ0n) is 7.14. The fourth-order valence-corrected chi connectivity index (χ4v) is 1.22. The zero-order chi connectivity index (χ0) is 7.94. The van der Waals surface area contributed by atoms with E-state index >= 15 is 0 Å². The average Bonchev–Trinajstić information content (AvgIpc) is 2.50. The minimum atomic E-state index is 0.451. The van der Waals surface area contributed by atoms with Gasteiger partial charge in [0.15, 0.2) is 0 Å². The first kappa shape index (κ1) is 8.97. The highest BCUT2D eigenvalue weighted by Gasteiger charge is 2.13. The van der Waals surface area contributed by atoms with E-state index in [1.807, 2.05) is 0 Å². The Bertz CT molecular complexity index is 92.1. The second-order valence-electron chi connectivity index (χ2n) is 2.83. The number of ether oxygens (including phenoxy) is 2. The van der Waals surface area contributed by atoms with Gasteiger partial charge in [-0.15, -0.1) is 0 Å². The molecule has 0 radical (unpaired) electrons. The van der Waals surface area contributed by atoms with Crippen molar-refractivity contribution in [2.75, 3.05) is 33.4 Å². The first-order chi connectivity index (χ1) is 5.43. The normalized spacial score (nSPS) is 24.3. The fraction of sp³-hybridized carbons (Fsp3) is 1.00. The van der Waals surface area contributed by atoms with Crippen LogP contribution in [0.4, 0.5) is 0 Å². The van der Waals surface area contributed by atoms with Crippen molar-refractivity contribution in [3.63, 3.8) is 0 Å². The lowest BCUT2D eigenvalue weighted by Crippen LogP contribution is -2.17. The summed E-state index contributed by atoms with van der Waals surface area (Å²) in [5.41, 5.74) is 0. The quantitative estimate of drug-likeness (QED) is 0.589. The summed E-state index contributed by atoms with van der Waals surface area (Å²) in [5.74, 6) is 0. The van der Waals surface area contributed by atoms with Gasteiger partial charge in [-0.2, -0.15) is 0 Å². The summed E-state index contributed by atoms with van der Waals surface area (Å²) in [5, 5.41) is 3.26. The van der Waals surface area contributed by atoms with Crippen LogP contribution in [0.5, 0.6) is 0 Å². The molecular formula is C8H17NO2. The van der Waals surface area contributed by atoms with Crippen LogP contribution in [0.25, 0.3) is 0 Å². The largest absolute Gasteiger partial charge is 0.385 e. The minimum Gasteiger partial charge on any atom is -0.385 e. The number of methoxy groups -OCH3 is 1. The Morgan fingerprint density at radius 1 is 1.45 bits per heavy atom. The van der Waals surface area contributed by atoms with Crippen LogP contribution in [0.1, 0.15) is 12.8 Å². The van der Waals surface area contributed by atoms with Gasteiger partial charge >= 0.3 is 0 Å². The molecule has 0 aromatic rings. The highest BCUT2D eigenvalue weighted by Crippen LogP contribution is 2.02. The Balaban J connectivity index is 1.86. The molecule has 0 spiro atoms. The Morgan fingerprint density at radius 2 is 2.36 bits per heavy atom. The standard InChI is InChI=1S/C8H17NO2/c1-10-5-2-6-11-8-3-4-9-7-8/h8-9H,2-7H2,1H3/t8-/m0/s1. The Morgan fingerprint density at radius 3 is 3.00 bits per heavy atom. The molecule has 0 unspecified atom stereocenters. The van der Waals surface area contributed by atoms with E-state index in [1.54, 1.807) is 7.11 Å². The number of hydrogen-bond acceptors (Lipinski definition) is 3. The van der Waals surface area contributed by atoms with Crippen LogP contribution < -0.4 is 5.32 Å². The van der Waals surface area contributed by atoms with E-state index in [4.69, 9.17) is 9.47 Å². The van der Waals surface area contributed by atoms with Gasteiger partial charge in [0, 0.05) is 26.9 Å². The predicted octanol–water partition coefficient (Wildman–Crippen LogP) is 0.401.